The van der Waals surface area contributed by atoms with Crippen LogP contribution in [-0.2, 0) is 4.74 Å². The predicted octanol–water partition coefficient (Wildman–Crippen LogP) is 7.97. The number of aliphatic hydroxyl groups excluding tert-OH is 1. The maximum Gasteiger partial charge on any atom is 0.407 e. The summed E-state index contributed by atoms with van der Waals surface area (Å²) >= 11 is 0. The summed E-state index contributed by atoms with van der Waals surface area (Å²) in [6.07, 6.45) is 12.9. The Bertz CT molecular complexity index is 774. The average molecular weight is 504 g/mol. The number of fused-ring (bicyclic) bond motifs is 5. The number of carbonyl (C=O) groups excluding carboxylic acids is 1. The third kappa shape index (κ3) is 5.50. The number of carbonyl (C=O) groups is 1. The molecule has 0 unspecified atom stereocenters. The molecule has 4 aliphatic rings. The van der Waals surface area contributed by atoms with E-state index in [-0.39, 0.29) is 23.7 Å². The molecule has 0 aromatic heterocycles. The van der Waals surface area contributed by atoms with Crippen molar-refractivity contribution in [3.05, 3.63) is 0 Å². The molecule has 4 fully saturated rings. The fourth-order valence-corrected chi connectivity index (χ4v) is 9.88. The quantitative estimate of drug-likeness (QED) is 0.386. The van der Waals surface area contributed by atoms with Crippen LogP contribution < -0.4 is 5.32 Å². The number of nitrogens with one attached hydrogen (secondary N) is 1. The molecular weight excluding hydrogens is 446 g/mol. The number of rotatable bonds is 6. The Morgan fingerprint density at radius 3 is 2.31 bits per heavy atom. The molecule has 10 atom stereocenters. The van der Waals surface area contributed by atoms with Crippen LogP contribution in [0.3, 0.4) is 0 Å². The zero-order valence-electron chi connectivity index (χ0n) is 24.7. The molecule has 0 bridgehead atoms. The molecule has 0 aromatic rings. The fourth-order valence-electron chi connectivity index (χ4n) is 9.88. The van der Waals surface area contributed by atoms with Crippen LogP contribution >= 0.6 is 0 Å². The van der Waals surface area contributed by atoms with E-state index in [9.17, 15) is 9.90 Å². The Morgan fingerprint density at radius 1 is 0.972 bits per heavy atom. The van der Waals surface area contributed by atoms with Crippen molar-refractivity contribution in [2.24, 2.45) is 52.3 Å². The van der Waals surface area contributed by atoms with Crippen LogP contribution in [0.1, 0.15) is 126 Å². The molecule has 0 radical (unpaired) electrons. The van der Waals surface area contributed by atoms with Gasteiger partial charge < -0.3 is 15.2 Å². The van der Waals surface area contributed by atoms with Gasteiger partial charge in [-0.05, 0) is 124 Å². The molecule has 0 heterocycles. The van der Waals surface area contributed by atoms with Gasteiger partial charge in [0.15, 0.2) is 0 Å². The molecule has 0 aromatic carbocycles. The fraction of sp³-hybridized carbons (Fsp3) is 0.969. The highest BCUT2D eigenvalue weighted by Gasteiger charge is 2.63. The van der Waals surface area contributed by atoms with Crippen molar-refractivity contribution in [1.82, 2.24) is 5.32 Å². The molecular formula is C32H57NO3. The highest BCUT2D eigenvalue weighted by atomic mass is 16.6. The van der Waals surface area contributed by atoms with Gasteiger partial charge in [0.25, 0.3) is 0 Å². The lowest BCUT2D eigenvalue weighted by atomic mass is 9.43. The van der Waals surface area contributed by atoms with Gasteiger partial charge in [-0.3, -0.25) is 0 Å². The monoisotopic (exact) mass is 503 g/mol. The number of aliphatic hydroxyl groups is 1. The Labute approximate surface area is 222 Å². The van der Waals surface area contributed by atoms with Crippen molar-refractivity contribution < 1.29 is 14.6 Å². The lowest BCUT2D eigenvalue weighted by Gasteiger charge is -2.63. The Kier molecular flexibility index (Phi) is 8.17. The molecule has 4 nitrogen and oxygen atoms in total. The zero-order chi connectivity index (χ0) is 26.5. The summed E-state index contributed by atoms with van der Waals surface area (Å²) in [5, 5.41) is 14.0. The first kappa shape index (κ1) is 28.2. The first-order valence-corrected chi connectivity index (χ1v) is 15.4. The number of hydrogen-bond donors (Lipinski definition) is 2. The molecule has 1 amide bonds. The lowest BCUT2D eigenvalue weighted by Crippen LogP contribution is -2.62. The van der Waals surface area contributed by atoms with Gasteiger partial charge in [-0.25, -0.2) is 4.79 Å². The second kappa shape index (κ2) is 10.4. The molecule has 4 heteroatoms. The van der Waals surface area contributed by atoms with Gasteiger partial charge in [-0.1, -0.05) is 53.9 Å². The largest absolute Gasteiger partial charge is 0.444 e. The highest BCUT2D eigenvalue weighted by Crippen LogP contribution is 2.68. The minimum Gasteiger partial charge on any atom is -0.444 e. The molecule has 4 aliphatic carbocycles. The second-order valence-electron chi connectivity index (χ2n) is 15.4. The summed E-state index contributed by atoms with van der Waals surface area (Å²) in [7, 11) is 0. The van der Waals surface area contributed by atoms with Crippen molar-refractivity contribution >= 4 is 6.09 Å². The molecule has 208 valence electrons. The number of alkyl carbamates (subject to hydrolysis) is 1. The van der Waals surface area contributed by atoms with E-state index in [0.717, 1.165) is 43.4 Å². The van der Waals surface area contributed by atoms with E-state index in [1.807, 2.05) is 20.8 Å². The minimum atomic E-state index is -0.487. The van der Waals surface area contributed by atoms with Gasteiger partial charge >= 0.3 is 6.09 Å². The van der Waals surface area contributed by atoms with Crippen LogP contribution in [-0.4, -0.2) is 28.9 Å². The average Bonchev–Trinajstić information content (AvgIpc) is 3.10. The SMILES string of the molecule is CC(C)CCC[C@@H](C)[C@H]1CC[C@H]2[C@@H]3[C@H](NC(=O)OC(C)(C)C)C[C@H]4C[C@@H](O)CC[C@]4(C)[C@H]3CC[C@]12C. The Hall–Kier alpha value is -0.770. The number of ether oxygens (including phenoxy) is 1. The van der Waals surface area contributed by atoms with Crippen molar-refractivity contribution in [2.75, 3.05) is 0 Å². The normalized spacial score (nSPS) is 43.3. The van der Waals surface area contributed by atoms with Crippen molar-refractivity contribution in [3.8, 4) is 0 Å². The summed E-state index contributed by atoms with van der Waals surface area (Å²) in [5.74, 6) is 4.71. The standard InChI is InChI=1S/C32H57NO3/c1-20(2)10-9-11-21(3)24-12-13-25-28-26(15-17-32(24,25)8)31(7)16-14-23(34)18-22(31)19-27(28)33-29(35)36-30(4,5)6/h20-28,34H,9-19H2,1-8H3,(H,33,35)/t21-,22-,23+,24-,25+,26+,27-,28+,31+,32-/m1/s1. The summed E-state index contributed by atoms with van der Waals surface area (Å²) < 4.78 is 5.76. The topological polar surface area (TPSA) is 58.6 Å². The van der Waals surface area contributed by atoms with E-state index in [1.54, 1.807) is 0 Å². The zero-order valence-corrected chi connectivity index (χ0v) is 24.7. The van der Waals surface area contributed by atoms with Gasteiger partial charge in [-0.15, -0.1) is 0 Å². The third-order valence-corrected chi connectivity index (χ3v) is 11.6. The summed E-state index contributed by atoms with van der Waals surface area (Å²) in [5.41, 5.74) is 0.181. The third-order valence-electron chi connectivity index (χ3n) is 11.6. The summed E-state index contributed by atoms with van der Waals surface area (Å²) in [6.45, 7) is 18.2. The van der Waals surface area contributed by atoms with Crippen LogP contribution in [0.15, 0.2) is 0 Å². The highest BCUT2D eigenvalue weighted by molar-refractivity contribution is 5.68. The van der Waals surface area contributed by atoms with E-state index in [1.165, 1.54) is 44.9 Å². The molecule has 0 saturated heterocycles. The molecule has 0 spiro atoms. The predicted molar refractivity (Wildman–Crippen MR) is 148 cm³/mol. The van der Waals surface area contributed by atoms with Crippen LogP contribution in [0.4, 0.5) is 4.79 Å². The van der Waals surface area contributed by atoms with Crippen LogP contribution in [0.5, 0.6) is 0 Å². The van der Waals surface area contributed by atoms with E-state index in [2.05, 4.69) is 39.9 Å². The van der Waals surface area contributed by atoms with Gasteiger partial charge in [0, 0.05) is 6.04 Å². The second-order valence-corrected chi connectivity index (χ2v) is 15.4. The lowest BCUT2D eigenvalue weighted by molar-refractivity contribution is -0.141. The Morgan fingerprint density at radius 2 is 1.64 bits per heavy atom. The molecule has 0 aliphatic heterocycles. The van der Waals surface area contributed by atoms with E-state index < -0.39 is 5.60 Å². The van der Waals surface area contributed by atoms with Gasteiger partial charge in [0.05, 0.1) is 6.10 Å². The van der Waals surface area contributed by atoms with Crippen LogP contribution in [0.25, 0.3) is 0 Å². The first-order chi connectivity index (χ1) is 16.7. The van der Waals surface area contributed by atoms with E-state index in [4.69, 9.17) is 4.74 Å². The van der Waals surface area contributed by atoms with Crippen molar-refractivity contribution in [1.29, 1.82) is 0 Å². The van der Waals surface area contributed by atoms with Crippen molar-refractivity contribution in [2.45, 2.75) is 144 Å². The first-order valence-electron chi connectivity index (χ1n) is 15.4. The van der Waals surface area contributed by atoms with Crippen LogP contribution in [0, 0.1) is 52.3 Å². The van der Waals surface area contributed by atoms with E-state index >= 15 is 0 Å². The molecule has 4 saturated carbocycles. The van der Waals surface area contributed by atoms with E-state index in [0.29, 0.717) is 29.1 Å². The van der Waals surface area contributed by atoms with Gasteiger partial charge in [-0.2, -0.15) is 0 Å². The number of amides is 1. The Balaban J connectivity index is 1.58. The molecule has 36 heavy (non-hydrogen) atoms. The molecule has 2 N–H and O–H groups in total. The molecule has 4 rings (SSSR count). The summed E-state index contributed by atoms with van der Waals surface area (Å²) in [4.78, 5) is 13.0. The maximum absolute atomic E-state index is 13.0. The van der Waals surface area contributed by atoms with Crippen molar-refractivity contribution in [3.63, 3.8) is 0 Å². The number of hydrogen-bond acceptors (Lipinski definition) is 3. The van der Waals surface area contributed by atoms with Gasteiger partial charge in [0.1, 0.15) is 5.60 Å². The minimum absolute atomic E-state index is 0.160. The smallest absolute Gasteiger partial charge is 0.407 e. The maximum atomic E-state index is 13.0. The summed E-state index contributed by atoms with van der Waals surface area (Å²) in [6, 6.07) is 0.160. The van der Waals surface area contributed by atoms with Crippen LogP contribution in [0.2, 0.25) is 0 Å². The van der Waals surface area contributed by atoms with Gasteiger partial charge in [0.2, 0.25) is 0 Å².